The second-order valence-electron chi connectivity index (χ2n) is 7.49. The summed E-state index contributed by atoms with van der Waals surface area (Å²) in [5.41, 5.74) is 1.85. The number of imidazole rings is 1. The molecule has 1 N–H and O–H groups in total. The molecule has 1 saturated heterocycles. The quantitative estimate of drug-likeness (QED) is 0.901. The molecule has 1 aliphatic heterocycles. The smallest absolute Gasteiger partial charge is 0.251 e. The standard InChI is InChI=1S/C17H23N3O3S/c1-11-18-14-9-12(16(21)19-17(2,3)4)5-6-15(14)20(11)13-7-8-24(22,23)10-13/h5-6,9,13H,7-8,10H2,1-4H3,(H,19,21). The molecule has 1 aromatic carbocycles. The molecule has 6 nitrogen and oxygen atoms in total. The van der Waals surface area contributed by atoms with Gasteiger partial charge in [-0.1, -0.05) is 0 Å². The van der Waals surface area contributed by atoms with Gasteiger partial charge in [-0.2, -0.15) is 0 Å². The van der Waals surface area contributed by atoms with Crippen LogP contribution in [0.2, 0.25) is 0 Å². The highest BCUT2D eigenvalue weighted by Gasteiger charge is 2.31. The largest absolute Gasteiger partial charge is 0.347 e. The number of hydrogen-bond acceptors (Lipinski definition) is 4. The molecule has 3 rings (SSSR count). The lowest BCUT2D eigenvalue weighted by atomic mass is 10.1. The monoisotopic (exact) mass is 349 g/mol. The van der Waals surface area contributed by atoms with Crippen molar-refractivity contribution in [1.29, 1.82) is 0 Å². The van der Waals surface area contributed by atoms with E-state index in [4.69, 9.17) is 0 Å². The molecule has 24 heavy (non-hydrogen) atoms. The summed E-state index contributed by atoms with van der Waals surface area (Å²) in [5, 5.41) is 2.93. The molecule has 0 saturated carbocycles. The predicted octanol–water partition coefficient (Wildman–Crippen LogP) is 2.23. The molecular formula is C17H23N3O3S. The second kappa shape index (κ2) is 5.58. The molecule has 1 atom stereocenters. The van der Waals surface area contributed by atoms with Gasteiger partial charge in [-0.3, -0.25) is 4.79 Å². The van der Waals surface area contributed by atoms with Gasteiger partial charge < -0.3 is 9.88 Å². The lowest BCUT2D eigenvalue weighted by molar-refractivity contribution is 0.0919. The maximum Gasteiger partial charge on any atom is 0.251 e. The fraction of sp³-hybridized carbons (Fsp3) is 0.529. The molecule has 1 aliphatic rings. The molecule has 2 heterocycles. The van der Waals surface area contributed by atoms with Gasteiger partial charge in [-0.05, 0) is 52.3 Å². The van der Waals surface area contributed by atoms with Gasteiger partial charge in [0, 0.05) is 11.1 Å². The van der Waals surface area contributed by atoms with Crippen LogP contribution in [-0.2, 0) is 9.84 Å². The molecule has 1 unspecified atom stereocenters. The van der Waals surface area contributed by atoms with Crippen LogP contribution in [0.1, 0.15) is 49.4 Å². The van der Waals surface area contributed by atoms with E-state index in [1.54, 1.807) is 12.1 Å². The molecule has 7 heteroatoms. The van der Waals surface area contributed by atoms with Crippen molar-refractivity contribution < 1.29 is 13.2 Å². The van der Waals surface area contributed by atoms with E-state index in [2.05, 4.69) is 10.3 Å². The predicted molar refractivity (Wildman–Crippen MR) is 94.0 cm³/mol. The van der Waals surface area contributed by atoms with Crippen LogP contribution < -0.4 is 5.32 Å². The summed E-state index contributed by atoms with van der Waals surface area (Å²) in [6.45, 7) is 7.67. The molecule has 1 fully saturated rings. The van der Waals surface area contributed by atoms with Crippen molar-refractivity contribution in [3.63, 3.8) is 0 Å². The van der Waals surface area contributed by atoms with Crippen LogP contribution in [0.25, 0.3) is 11.0 Å². The summed E-state index contributed by atoms with van der Waals surface area (Å²) in [5.74, 6) is 1.02. The normalized spacial score (nSPS) is 20.4. The molecule has 0 bridgehead atoms. The zero-order valence-corrected chi connectivity index (χ0v) is 15.3. The van der Waals surface area contributed by atoms with Crippen LogP contribution in [0.15, 0.2) is 18.2 Å². The Hall–Kier alpha value is -1.89. The minimum Gasteiger partial charge on any atom is -0.347 e. The first-order valence-electron chi connectivity index (χ1n) is 8.07. The number of carbonyl (C=O) groups is 1. The second-order valence-corrected chi connectivity index (χ2v) is 9.72. The summed E-state index contributed by atoms with van der Waals surface area (Å²) in [6.07, 6.45) is 0.612. The van der Waals surface area contributed by atoms with E-state index in [1.807, 2.05) is 38.3 Å². The average Bonchev–Trinajstić information content (AvgIpc) is 2.94. The summed E-state index contributed by atoms with van der Waals surface area (Å²) in [6, 6.07) is 5.32. The van der Waals surface area contributed by atoms with Crippen LogP contribution in [0.4, 0.5) is 0 Å². The Balaban J connectivity index is 1.97. The first kappa shape index (κ1) is 17.0. The van der Waals surface area contributed by atoms with Gasteiger partial charge in [0.2, 0.25) is 0 Å². The minimum absolute atomic E-state index is 0.0748. The number of benzene rings is 1. The van der Waals surface area contributed by atoms with E-state index in [0.29, 0.717) is 12.0 Å². The van der Waals surface area contributed by atoms with Gasteiger partial charge in [0.25, 0.3) is 5.91 Å². The van der Waals surface area contributed by atoms with Crippen molar-refractivity contribution in [2.75, 3.05) is 11.5 Å². The van der Waals surface area contributed by atoms with Gasteiger partial charge in [0.05, 0.1) is 28.6 Å². The number of sulfone groups is 1. The van der Waals surface area contributed by atoms with Crippen LogP contribution in [-0.4, -0.2) is 40.9 Å². The maximum atomic E-state index is 12.3. The molecule has 1 aromatic heterocycles. The Labute approximate surface area is 142 Å². The summed E-state index contributed by atoms with van der Waals surface area (Å²) >= 11 is 0. The van der Waals surface area contributed by atoms with Crippen LogP contribution >= 0.6 is 0 Å². The molecule has 130 valence electrons. The molecule has 0 radical (unpaired) electrons. The number of aryl methyl sites for hydroxylation is 1. The Morgan fingerprint density at radius 3 is 2.62 bits per heavy atom. The number of hydrogen-bond donors (Lipinski definition) is 1. The van der Waals surface area contributed by atoms with Crippen molar-refractivity contribution in [2.45, 2.75) is 45.7 Å². The maximum absolute atomic E-state index is 12.3. The fourth-order valence-corrected chi connectivity index (χ4v) is 4.91. The Kier molecular flexibility index (Phi) is 3.94. The Morgan fingerprint density at radius 2 is 2.04 bits per heavy atom. The highest BCUT2D eigenvalue weighted by molar-refractivity contribution is 7.91. The van der Waals surface area contributed by atoms with E-state index >= 15 is 0 Å². The average molecular weight is 349 g/mol. The SMILES string of the molecule is Cc1nc2cc(C(=O)NC(C)(C)C)ccc2n1C1CCS(=O)(=O)C1. The number of carbonyl (C=O) groups excluding carboxylic acids is 1. The summed E-state index contributed by atoms with van der Waals surface area (Å²) < 4.78 is 25.5. The van der Waals surface area contributed by atoms with Crippen LogP contribution in [0, 0.1) is 6.92 Å². The molecule has 1 amide bonds. The topological polar surface area (TPSA) is 81.1 Å². The first-order valence-corrected chi connectivity index (χ1v) is 9.89. The molecule has 0 spiro atoms. The van der Waals surface area contributed by atoms with E-state index in [-0.39, 0.29) is 29.0 Å². The van der Waals surface area contributed by atoms with Gasteiger partial charge >= 0.3 is 0 Å². The van der Waals surface area contributed by atoms with E-state index in [0.717, 1.165) is 16.9 Å². The van der Waals surface area contributed by atoms with E-state index in [9.17, 15) is 13.2 Å². The van der Waals surface area contributed by atoms with Crippen molar-refractivity contribution in [1.82, 2.24) is 14.9 Å². The van der Waals surface area contributed by atoms with Crippen molar-refractivity contribution in [2.24, 2.45) is 0 Å². The lowest BCUT2D eigenvalue weighted by Gasteiger charge is -2.20. The van der Waals surface area contributed by atoms with Crippen LogP contribution in [0.5, 0.6) is 0 Å². The van der Waals surface area contributed by atoms with E-state index in [1.165, 1.54) is 0 Å². The summed E-state index contributed by atoms with van der Waals surface area (Å²) in [7, 11) is -2.96. The Morgan fingerprint density at radius 1 is 1.33 bits per heavy atom. The summed E-state index contributed by atoms with van der Waals surface area (Å²) in [4.78, 5) is 16.8. The van der Waals surface area contributed by atoms with Crippen molar-refractivity contribution in [3.05, 3.63) is 29.6 Å². The van der Waals surface area contributed by atoms with Gasteiger partial charge in [0.15, 0.2) is 9.84 Å². The number of nitrogens with zero attached hydrogens (tertiary/aromatic N) is 2. The Bertz CT molecular complexity index is 907. The molecule has 0 aliphatic carbocycles. The van der Waals surface area contributed by atoms with Crippen LogP contribution in [0.3, 0.4) is 0 Å². The number of amides is 1. The van der Waals surface area contributed by atoms with Gasteiger partial charge in [-0.25, -0.2) is 13.4 Å². The number of fused-ring (bicyclic) bond motifs is 1. The number of rotatable bonds is 2. The number of aromatic nitrogens is 2. The third-order valence-corrected chi connectivity index (χ3v) is 5.94. The van der Waals surface area contributed by atoms with Gasteiger partial charge in [0.1, 0.15) is 5.82 Å². The van der Waals surface area contributed by atoms with Crippen molar-refractivity contribution in [3.8, 4) is 0 Å². The lowest BCUT2D eigenvalue weighted by Crippen LogP contribution is -2.40. The van der Waals surface area contributed by atoms with E-state index < -0.39 is 9.84 Å². The first-order chi connectivity index (χ1) is 11.1. The zero-order valence-electron chi connectivity index (χ0n) is 14.5. The molecular weight excluding hydrogens is 326 g/mol. The van der Waals surface area contributed by atoms with Crippen molar-refractivity contribution >= 4 is 26.8 Å². The minimum atomic E-state index is -2.96. The van der Waals surface area contributed by atoms with Gasteiger partial charge in [-0.15, -0.1) is 0 Å². The third kappa shape index (κ3) is 3.31. The highest BCUT2D eigenvalue weighted by Crippen LogP contribution is 2.29. The fourth-order valence-electron chi connectivity index (χ4n) is 3.21. The highest BCUT2D eigenvalue weighted by atomic mass is 32.2. The number of nitrogens with one attached hydrogen (secondary N) is 1. The third-order valence-electron chi connectivity index (χ3n) is 4.19. The zero-order chi connectivity index (χ0) is 17.7. The molecule has 2 aromatic rings.